The third kappa shape index (κ3) is 14.6. The molecule has 0 saturated heterocycles. The van der Waals surface area contributed by atoms with Crippen molar-refractivity contribution in [1.29, 1.82) is 10.5 Å². The number of benzene rings is 2. The zero-order valence-electron chi connectivity index (χ0n) is 38.4. The van der Waals surface area contributed by atoms with Crippen LogP contribution < -0.4 is 0 Å². The van der Waals surface area contributed by atoms with E-state index in [0.29, 0.717) is 29.5 Å². The molecule has 4 aliphatic carbocycles. The number of rotatable bonds is 22. The van der Waals surface area contributed by atoms with E-state index in [2.05, 4.69) is 74.5 Å². The van der Waals surface area contributed by atoms with Crippen molar-refractivity contribution in [1.82, 2.24) is 0 Å². The zero-order valence-corrected chi connectivity index (χ0v) is 38.4. The minimum atomic E-state index is 0.277. The lowest BCUT2D eigenvalue weighted by molar-refractivity contribution is -0.119. The van der Waals surface area contributed by atoms with Gasteiger partial charge < -0.3 is 0 Å². The molecule has 2 unspecified atom stereocenters. The number of ketones is 1. The van der Waals surface area contributed by atoms with Gasteiger partial charge in [0.2, 0.25) is 0 Å². The molecule has 4 fully saturated rings. The second kappa shape index (κ2) is 25.3. The van der Waals surface area contributed by atoms with Gasteiger partial charge in [0.1, 0.15) is 5.78 Å². The Labute approximate surface area is 368 Å². The first-order valence-electron chi connectivity index (χ1n) is 25.9. The highest BCUT2D eigenvalue weighted by atomic mass is 16.1. The van der Waals surface area contributed by atoms with Gasteiger partial charge in [0.05, 0.1) is 12.1 Å². The molecule has 0 aromatic heterocycles. The minimum absolute atomic E-state index is 0.277. The quantitative estimate of drug-likeness (QED) is 0.111. The maximum absolute atomic E-state index is 12.7. The molecule has 2 aromatic rings. The van der Waals surface area contributed by atoms with Gasteiger partial charge in [0, 0.05) is 24.7 Å². The lowest BCUT2D eigenvalue weighted by atomic mass is 9.70. The predicted molar refractivity (Wildman–Crippen MR) is 251 cm³/mol. The number of unbranched alkanes of at least 4 members (excludes halogenated alkanes) is 2. The molecule has 3 heteroatoms. The van der Waals surface area contributed by atoms with Crippen LogP contribution >= 0.6 is 0 Å². The van der Waals surface area contributed by atoms with Crippen LogP contribution in [0.5, 0.6) is 0 Å². The maximum atomic E-state index is 12.7. The molecule has 0 aliphatic heterocycles. The number of Topliss-reactive ketones (excluding diaryl/α,β-unsaturated/α-hetero) is 1. The summed E-state index contributed by atoms with van der Waals surface area (Å²) < 4.78 is 0. The van der Waals surface area contributed by atoms with Gasteiger partial charge in [-0.05, 0) is 198 Å². The second-order valence-corrected chi connectivity index (χ2v) is 21.0. The van der Waals surface area contributed by atoms with Crippen LogP contribution in [-0.2, 0) is 17.6 Å². The van der Waals surface area contributed by atoms with Crippen molar-refractivity contribution in [3.63, 3.8) is 0 Å². The topological polar surface area (TPSA) is 64.7 Å². The van der Waals surface area contributed by atoms with Crippen LogP contribution in [0, 0.1) is 70.0 Å². The van der Waals surface area contributed by atoms with Gasteiger partial charge in [0.15, 0.2) is 0 Å². The Morgan fingerprint density at radius 3 is 1.18 bits per heavy atom. The molecule has 0 heterocycles. The molecule has 0 spiro atoms. The van der Waals surface area contributed by atoms with E-state index in [0.717, 1.165) is 87.9 Å². The number of carbonyl (C=O) groups excluding carboxylic acids is 1. The summed E-state index contributed by atoms with van der Waals surface area (Å²) in [5, 5.41) is 20.1. The molecule has 2 aromatic carbocycles. The first kappa shape index (κ1) is 46.6. The number of aryl methyl sites for hydroxylation is 2. The monoisotopic (exact) mass is 813 g/mol. The predicted octanol–water partition coefficient (Wildman–Crippen LogP) is 16.2. The molecule has 2 atom stereocenters. The van der Waals surface area contributed by atoms with Crippen molar-refractivity contribution in [3.8, 4) is 12.1 Å². The standard InChI is InChI=1S/C57H84N2O/c1-3-9-43-15-31-53(32-16-43)55(41-58)39-47-23-35-51(36-24-47)49-27-19-45(20-28-49)11-5-7-13-57(60)14-8-6-12-46-21-29-50(30-22-46)52-37-25-48(26-38-52)40-56(42-59)54-33-17-44(10-4-2)18-34-54/h19-22,27-30,43-44,47-48,51-56H,3-18,23-26,31-40H2,1-2H3. The molecule has 0 amide bonds. The molecule has 6 rings (SSSR count). The van der Waals surface area contributed by atoms with Crippen molar-refractivity contribution in [2.24, 2.45) is 47.3 Å². The number of hydrogen-bond donors (Lipinski definition) is 0. The summed E-state index contributed by atoms with van der Waals surface area (Å²) >= 11 is 0. The van der Waals surface area contributed by atoms with E-state index in [1.54, 1.807) is 0 Å². The lowest BCUT2D eigenvalue weighted by Gasteiger charge is -2.34. The Hall–Kier alpha value is -2.91. The van der Waals surface area contributed by atoms with Crippen LogP contribution in [0.25, 0.3) is 0 Å². The van der Waals surface area contributed by atoms with E-state index in [4.69, 9.17) is 0 Å². The van der Waals surface area contributed by atoms with Crippen LogP contribution in [0.15, 0.2) is 48.5 Å². The van der Waals surface area contributed by atoms with Gasteiger partial charge in [-0.25, -0.2) is 0 Å². The Balaban J connectivity index is 0.784. The van der Waals surface area contributed by atoms with E-state index in [-0.39, 0.29) is 11.8 Å². The summed E-state index contributed by atoms with van der Waals surface area (Å²) in [6, 6.07) is 24.4. The van der Waals surface area contributed by atoms with Crippen LogP contribution in [0.2, 0.25) is 0 Å². The fourth-order valence-electron chi connectivity index (χ4n) is 12.8. The first-order valence-corrected chi connectivity index (χ1v) is 25.9. The molecule has 328 valence electrons. The van der Waals surface area contributed by atoms with E-state index in [1.807, 2.05) is 0 Å². The van der Waals surface area contributed by atoms with Crippen molar-refractivity contribution >= 4 is 5.78 Å². The van der Waals surface area contributed by atoms with Crippen LogP contribution in [0.3, 0.4) is 0 Å². The highest BCUT2D eigenvalue weighted by molar-refractivity contribution is 5.78. The smallest absolute Gasteiger partial charge is 0.132 e. The van der Waals surface area contributed by atoms with Gasteiger partial charge in [-0.1, -0.05) is 114 Å². The molecular formula is C57H84N2O. The third-order valence-electron chi connectivity index (χ3n) is 16.8. The van der Waals surface area contributed by atoms with Crippen LogP contribution in [0.4, 0.5) is 0 Å². The summed E-state index contributed by atoms with van der Waals surface area (Å²) in [6.45, 7) is 4.61. The number of nitrogens with zero attached hydrogens (tertiary/aromatic N) is 2. The van der Waals surface area contributed by atoms with E-state index < -0.39 is 0 Å². The number of nitriles is 2. The highest BCUT2D eigenvalue weighted by Gasteiger charge is 2.33. The van der Waals surface area contributed by atoms with Crippen molar-refractivity contribution < 1.29 is 4.79 Å². The van der Waals surface area contributed by atoms with Gasteiger partial charge in [-0.15, -0.1) is 0 Å². The Bertz CT molecular complexity index is 1460. The van der Waals surface area contributed by atoms with Gasteiger partial charge >= 0.3 is 0 Å². The van der Waals surface area contributed by atoms with E-state index in [9.17, 15) is 15.3 Å². The fourth-order valence-corrected chi connectivity index (χ4v) is 12.8. The Morgan fingerprint density at radius 2 is 0.850 bits per heavy atom. The molecule has 4 aliphatic rings. The van der Waals surface area contributed by atoms with Crippen LogP contribution in [-0.4, -0.2) is 5.78 Å². The molecule has 4 saturated carbocycles. The third-order valence-corrected chi connectivity index (χ3v) is 16.8. The van der Waals surface area contributed by atoms with Gasteiger partial charge in [-0.2, -0.15) is 10.5 Å². The lowest BCUT2D eigenvalue weighted by Crippen LogP contribution is -2.24. The van der Waals surface area contributed by atoms with E-state index in [1.165, 1.54) is 151 Å². The van der Waals surface area contributed by atoms with E-state index >= 15 is 0 Å². The normalized spacial score (nSPS) is 28.3. The van der Waals surface area contributed by atoms with Crippen molar-refractivity contribution in [3.05, 3.63) is 70.8 Å². The number of carbonyl (C=O) groups is 1. The zero-order chi connectivity index (χ0) is 41.9. The van der Waals surface area contributed by atoms with Gasteiger partial charge in [0.25, 0.3) is 0 Å². The largest absolute Gasteiger partial charge is 0.300 e. The SMILES string of the molecule is CCCC1CCC(C(C#N)CC2CCC(c3ccc(CCCCC(=O)CCCCc4ccc(C5CCC(CC(C#N)C6CCC(CCC)CC6)CC5)cc4)cc3)CC2)CC1. The number of hydrogen-bond acceptors (Lipinski definition) is 3. The summed E-state index contributed by atoms with van der Waals surface area (Å²) in [4.78, 5) is 12.7. The summed E-state index contributed by atoms with van der Waals surface area (Å²) in [5.74, 6) is 6.94. The minimum Gasteiger partial charge on any atom is -0.300 e. The van der Waals surface area contributed by atoms with Crippen LogP contribution in [0.1, 0.15) is 228 Å². The highest BCUT2D eigenvalue weighted by Crippen LogP contribution is 2.44. The molecule has 0 bridgehead atoms. The maximum Gasteiger partial charge on any atom is 0.132 e. The average Bonchev–Trinajstić information content (AvgIpc) is 3.29. The molecule has 60 heavy (non-hydrogen) atoms. The molecule has 3 nitrogen and oxygen atoms in total. The van der Waals surface area contributed by atoms with Crippen molar-refractivity contribution in [2.45, 2.75) is 218 Å². The summed E-state index contributed by atoms with van der Waals surface area (Å²) in [7, 11) is 0. The Kier molecular flexibility index (Phi) is 19.6. The molecule has 0 radical (unpaired) electrons. The average molecular weight is 813 g/mol. The first-order chi connectivity index (χ1) is 29.4. The van der Waals surface area contributed by atoms with Crippen molar-refractivity contribution in [2.75, 3.05) is 0 Å². The molecule has 0 N–H and O–H groups in total. The fraction of sp³-hybridized carbons (Fsp3) is 0.737. The second-order valence-electron chi connectivity index (χ2n) is 21.0. The summed E-state index contributed by atoms with van der Waals surface area (Å²) in [5.41, 5.74) is 5.82. The van der Waals surface area contributed by atoms with Gasteiger partial charge in [-0.3, -0.25) is 4.79 Å². The molecular weight excluding hydrogens is 729 g/mol. The Morgan fingerprint density at radius 1 is 0.500 bits per heavy atom. The summed E-state index contributed by atoms with van der Waals surface area (Å²) in [6.07, 6.45) is 36.1.